The molecule has 0 unspecified atom stereocenters. The van der Waals surface area contributed by atoms with Gasteiger partial charge in [-0.2, -0.15) is 0 Å². The zero-order valence-electron chi connectivity index (χ0n) is 15.9. The van der Waals surface area contributed by atoms with Gasteiger partial charge in [-0.15, -0.1) is 10.2 Å². The second kappa shape index (κ2) is 8.39. The molecule has 0 spiro atoms. The summed E-state index contributed by atoms with van der Waals surface area (Å²) < 4.78 is 5.47. The third-order valence-corrected chi connectivity index (χ3v) is 4.35. The molecular weight excluding hydrogens is 364 g/mol. The quantitative estimate of drug-likeness (QED) is 0.503. The number of carbonyl (C=O) groups excluding carboxylic acids is 1. The molecule has 2 N–H and O–H groups in total. The molecule has 0 saturated heterocycles. The fraction of sp³-hybridized carbons (Fsp3) is 0.0870. The first-order chi connectivity index (χ1) is 14.2. The largest absolute Gasteiger partial charge is 0.465 e. The van der Waals surface area contributed by atoms with Crippen molar-refractivity contribution in [3.63, 3.8) is 0 Å². The number of aryl methyl sites for hydroxylation is 1. The molecule has 2 aromatic heterocycles. The van der Waals surface area contributed by atoms with Crippen molar-refractivity contribution in [2.45, 2.75) is 13.5 Å². The van der Waals surface area contributed by atoms with E-state index in [-0.39, 0.29) is 5.91 Å². The van der Waals surface area contributed by atoms with Crippen LogP contribution in [-0.2, 0) is 6.54 Å². The molecule has 2 aromatic carbocycles. The van der Waals surface area contributed by atoms with Crippen LogP contribution in [-0.4, -0.2) is 16.1 Å². The maximum absolute atomic E-state index is 12.4. The maximum atomic E-state index is 12.4. The smallest absolute Gasteiger partial charge is 0.251 e. The molecule has 4 rings (SSSR count). The van der Waals surface area contributed by atoms with Gasteiger partial charge < -0.3 is 15.1 Å². The Kier molecular flexibility index (Phi) is 5.33. The van der Waals surface area contributed by atoms with Crippen molar-refractivity contribution < 1.29 is 9.21 Å². The van der Waals surface area contributed by atoms with Crippen LogP contribution in [0.4, 0.5) is 11.5 Å². The number of furan rings is 1. The fourth-order valence-corrected chi connectivity index (χ4v) is 2.90. The highest BCUT2D eigenvalue weighted by Crippen LogP contribution is 2.19. The van der Waals surface area contributed by atoms with E-state index in [0.29, 0.717) is 17.9 Å². The number of benzene rings is 2. The fourth-order valence-electron chi connectivity index (χ4n) is 2.90. The lowest BCUT2D eigenvalue weighted by atomic mass is 10.1. The summed E-state index contributed by atoms with van der Waals surface area (Å²) in [6.45, 7) is 2.21. The molecule has 0 aliphatic heterocycles. The molecule has 0 aliphatic carbocycles. The Morgan fingerprint density at radius 2 is 1.79 bits per heavy atom. The van der Waals surface area contributed by atoms with Gasteiger partial charge in [-0.3, -0.25) is 4.79 Å². The van der Waals surface area contributed by atoms with Gasteiger partial charge in [-0.1, -0.05) is 36.4 Å². The highest BCUT2D eigenvalue weighted by molar-refractivity contribution is 5.95. The van der Waals surface area contributed by atoms with Crippen LogP contribution < -0.4 is 10.6 Å². The molecule has 6 heteroatoms. The van der Waals surface area contributed by atoms with Crippen LogP contribution in [0.15, 0.2) is 83.3 Å². The summed E-state index contributed by atoms with van der Waals surface area (Å²) in [6.07, 6.45) is 0. The van der Waals surface area contributed by atoms with Crippen molar-refractivity contribution >= 4 is 17.4 Å². The highest BCUT2D eigenvalue weighted by Gasteiger charge is 2.08. The van der Waals surface area contributed by atoms with Crippen molar-refractivity contribution in [2.75, 3.05) is 5.32 Å². The molecule has 0 radical (unpaired) electrons. The predicted octanol–water partition coefficient (Wildman–Crippen LogP) is 4.72. The second-order valence-corrected chi connectivity index (χ2v) is 6.57. The predicted molar refractivity (Wildman–Crippen MR) is 112 cm³/mol. The Hall–Kier alpha value is -3.93. The van der Waals surface area contributed by atoms with Crippen molar-refractivity contribution in [3.05, 3.63) is 95.9 Å². The van der Waals surface area contributed by atoms with E-state index in [2.05, 4.69) is 20.8 Å². The van der Waals surface area contributed by atoms with Crippen molar-refractivity contribution in [2.24, 2.45) is 0 Å². The van der Waals surface area contributed by atoms with Gasteiger partial charge in [-0.25, -0.2) is 0 Å². The van der Waals surface area contributed by atoms with Crippen LogP contribution in [0.3, 0.4) is 0 Å². The zero-order chi connectivity index (χ0) is 20.1. The molecule has 0 bridgehead atoms. The van der Waals surface area contributed by atoms with Crippen molar-refractivity contribution in [1.82, 2.24) is 15.5 Å². The number of aromatic nitrogens is 2. The summed E-state index contributed by atoms with van der Waals surface area (Å²) in [5, 5.41) is 14.5. The second-order valence-electron chi connectivity index (χ2n) is 6.57. The van der Waals surface area contributed by atoms with Gasteiger partial charge in [0.05, 0.1) is 12.2 Å². The molecule has 29 heavy (non-hydrogen) atoms. The summed E-state index contributed by atoms with van der Waals surface area (Å²) in [5.74, 6) is 1.97. The first-order valence-electron chi connectivity index (χ1n) is 9.27. The van der Waals surface area contributed by atoms with E-state index in [1.807, 2.05) is 73.7 Å². The number of nitrogens with zero attached hydrogens (tertiary/aromatic N) is 2. The minimum Gasteiger partial charge on any atom is -0.465 e. The average Bonchev–Trinajstić information content (AvgIpc) is 3.18. The molecule has 144 valence electrons. The van der Waals surface area contributed by atoms with Gasteiger partial charge in [0.25, 0.3) is 5.91 Å². The van der Waals surface area contributed by atoms with Crippen LogP contribution in [0.5, 0.6) is 0 Å². The first kappa shape index (κ1) is 18.4. The van der Waals surface area contributed by atoms with Gasteiger partial charge in [-0.05, 0) is 49.4 Å². The number of hydrogen-bond donors (Lipinski definition) is 2. The number of rotatable bonds is 6. The summed E-state index contributed by atoms with van der Waals surface area (Å²) in [4.78, 5) is 12.4. The normalized spacial score (nSPS) is 10.5. The molecule has 6 nitrogen and oxygen atoms in total. The van der Waals surface area contributed by atoms with E-state index in [1.165, 1.54) is 0 Å². The topological polar surface area (TPSA) is 80.0 Å². The van der Waals surface area contributed by atoms with Crippen LogP contribution in [0.2, 0.25) is 0 Å². The molecule has 0 atom stereocenters. The van der Waals surface area contributed by atoms with Crippen LogP contribution in [0.1, 0.15) is 21.9 Å². The lowest BCUT2D eigenvalue weighted by molar-refractivity contribution is 0.0948. The van der Waals surface area contributed by atoms with Crippen LogP contribution >= 0.6 is 0 Å². The van der Waals surface area contributed by atoms with E-state index in [1.54, 1.807) is 12.1 Å². The first-order valence-corrected chi connectivity index (χ1v) is 9.27. The Balaban J connectivity index is 1.41. The van der Waals surface area contributed by atoms with Crippen LogP contribution in [0, 0.1) is 6.92 Å². The number of hydrogen-bond acceptors (Lipinski definition) is 5. The van der Waals surface area contributed by atoms with Crippen molar-refractivity contribution in [3.8, 4) is 11.3 Å². The van der Waals surface area contributed by atoms with Gasteiger partial charge >= 0.3 is 0 Å². The Morgan fingerprint density at radius 3 is 2.52 bits per heavy atom. The van der Waals surface area contributed by atoms with Gasteiger partial charge in [0, 0.05) is 16.8 Å². The Labute approximate surface area is 168 Å². The summed E-state index contributed by atoms with van der Waals surface area (Å²) in [6, 6.07) is 24.6. The zero-order valence-corrected chi connectivity index (χ0v) is 15.9. The molecule has 0 fully saturated rings. The SMILES string of the molecule is Cc1ccc(CNC(=O)c2cccc(Nc3ccc(-c4ccccc4)nn3)c2)o1. The van der Waals surface area contributed by atoms with E-state index >= 15 is 0 Å². The van der Waals surface area contributed by atoms with E-state index < -0.39 is 0 Å². The van der Waals surface area contributed by atoms with Gasteiger partial charge in [0.1, 0.15) is 11.5 Å². The molecular formula is C23H20N4O2. The van der Waals surface area contributed by atoms with E-state index in [4.69, 9.17) is 4.42 Å². The number of amides is 1. The molecule has 1 amide bonds. The monoisotopic (exact) mass is 384 g/mol. The van der Waals surface area contributed by atoms with Gasteiger partial charge in [0.15, 0.2) is 5.82 Å². The molecule has 0 aliphatic rings. The third-order valence-electron chi connectivity index (χ3n) is 4.35. The number of anilines is 2. The summed E-state index contributed by atoms with van der Waals surface area (Å²) in [5.41, 5.74) is 3.12. The minimum absolute atomic E-state index is 0.173. The molecule has 2 heterocycles. The van der Waals surface area contributed by atoms with E-state index in [9.17, 15) is 4.79 Å². The number of nitrogens with one attached hydrogen (secondary N) is 2. The molecule has 0 saturated carbocycles. The van der Waals surface area contributed by atoms with Crippen molar-refractivity contribution in [1.29, 1.82) is 0 Å². The Bertz CT molecular complexity index is 1110. The van der Waals surface area contributed by atoms with E-state index in [0.717, 1.165) is 28.5 Å². The lowest BCUT2D eigenvalue weighted by Gasteiger charge is -2.08. The van der Waals surface area contributed by atoms with Gasteiger partial charge in [0.2, 0.25) is 0 Å². The minimum atomic E-state index is -0.173. The standard InChI is InChI=1S/C23H20N4O2/c1-16-10-11-20(29-16)15-24-23(28)18-8-5-9-19(14-18)25-22-13-12-21(26-27-22)17-6-3-2-4-7-17/h2-14H,15H2,1H3,(H,24,28)(H,25,27). The lowest BCUT2D eigenvalue weighted by Crippen LogP contribution is -2.22. The third kappa shape index (κ3) is 4.68. The van der Waals surface area contributed by atoms with Crippen LogP contribution in [0.25, 0.3) is 11.3 Å². The Morgan fingerprint density at radius 1 is 0.931 bits per heavy atom. The average molecular weight is 384 g/mol. The molecule has 4 aromatic rings. The highest BCUT2D eigenvalue weighted by atomic mass is 16.3. The summed E-state index contributed by atoms with van der Waals surface area (Å²) in [7, 11) is 0. The maximum Gasteiger partial charge on any atom is 0.251 e. The number of carbonyl (C=O) groups is 1. The summed E-state index contributed by atoms with van der Waals surface area (Å²) >= 11 is 0.